The van der Waals surface area contributed by atoms with Gasteiger partial charge in [0.1, 0.15) is 12.2 Å². The van der Waals surface area contributed by atoms with E-state index in [1.165, 1.54) is 38.9 Å². The van der Waals surface area contributed by atoms with E-state index in [4.69, 9.17) is 15.5 Å². The second kappa shape index (κ2) is 10.8. The first kappa shape index (κ1) is 24.6. The van der Waals surface area contributed by atoms with E-state index < -0.39 is 5.82 Å². The molecule has 3 N–H and O–H groups in total. The molecule has 1 aromatic carbocycles. The van der Waals surface area contributed by atoms with Gasteiger partial charge >= 0.3 is 5.95 Å². The van der Waals surface area contributed by atoms with Crippen LogP contribution in [0.5, 0.6) is 5.75 Å². The van der Waals surface area contributed by atoms with Crippen LogP contribution in [0.2, 0.25) is 0 Å². The Bertz CT molecular complexity index is 966. The molecule has 1 aliphatic carbocycles. The molecule has 2 atom stereocenters. The first-order valence-corrected chi connectivity index (χ1v) is 12.6. The molecule has 8 nitrogen and oxygen atoms in total. The summed E-state index contributed by atoms with van der Waals surface area (Å²) in [5.74, 6) is 1.03. The van der Waals surface area contributed by atoms with Crippen molar-refractivity contribution < 1.29 is 9.13 Å². The average Bonchev–Trinajstić information content (AvgIpc) is 3.11. The Morgan fingerprint density at radius 1 is 1.12 bits per heavy atom. The minimum Gasteiger partial charge on any atom is -0.494 e. The molecule has 2 unspecified atom stereocenters. The zero-order valence-corrected chi connectivity index (χ0v) is 20.8. The minimum absolute atomic E-state index is 0.179. The predicted octanol–water partition coefficient (Wildman–Crippen LogP) is 4.49. The number of benzene rings is 1. The summed E-state index contributed by atoms with van der Waals surface area (Å²) in [5.41, 5.74) is 6.95. The molecule has 0 radical (unpaired) electrons. The number of rotatable bonds is 8. The minimum atomic E-state index is -0.401. The van der Waals surface area contributed by atoms with Gasteiger partial charge in [-0.15, -0.1) is 9.97 Å². The van der Waals surface area contributed by atoms with Crippen molar-refractivity contribution in [3.8, 4) is 5.75 Å². The monoisotopic (exact) mass is 472 g/mol. The van der Waals surface area contributed by atoms with Gasteiger partial charge in [-0.25, -0.2) is 8.87 Å². The molecule has 1 aliphatic heterocycles. The molecule has 1 saturated heterocycles. The zero-order chi connectivity index (χ0) is 24.1. The number of ether oxygens (including phenoxy) is 1. The quantitative estimate of drug-likeness (QED) is 0.432. The summed E-state index contributed by atoms with van der Waals surface area (Å²) in [7, 11) is 3.51. The lowest BCUT2D eigenvalue weighted by Gasteiger charge is -2.36. The van der Waals surface area contributed by atoms with E-state index in [2.05, 4.69) is 27.1 Å². The van der Waals surface area contributed by atoms with Crippen LogP contribution in [0.25, 0.3) is 0 Å². The van der Waals surface area contributed by atoms with Crippen molar-refractivity contribution in [1.82, 2.24) is 24.3 Å². The van der Waals surface area contributed by atoms with Crippen LogP contribution in [0.1, 0.15) is 58.3 Å². The van der Waals surface area contributed by atoms with Crippen molar-refractivity contribution in [2.24, 2.45) is 0 Å². The van der Waals surface area contributed by atoms with Crippen LogP contribution < -0.4 is 20.3 Å². The van der Waals surface area contributed by atoms with E-state index in [1.807, 2.05) is 13.1 Å². The second-order valence-corrected chi connectivity index (χ2v) is 9.77. The zero-order valence-electron chi connectivity index (χ0n) is 20.8. The van der Waals surface area contributed by atoms with Gasteiger partial charge in [-0.3, -0.25) is 4.90 Å². The average molecular weight is 473 g/mol. The number of hydrogen-bond acceptors (Lipinski definition) is 7. The smallest absolute Gasteiger partial charge is 0.340 e. The Balaban J connectivity index is 1.72. The number of nitrogens with zero attached hydrogens (tertiary/aromatic N) is 5. The summed E-state index contributed by atoms with van der Waals surface area (Å²) in [6, 6.07) is 5.77. The summed E-state index contributed by atoms with van der Waals surface area (Å²) >= 11 is 0. The molecular weight excluding hydrogens is 433 g/mol. The number of nitrogens with one attached hydrogen (secondary N) is 1. The van der Waals surface area contributed by atoms with E-state index >= 15 is 0 Å². The molecule has 4 rings (SSSR count). The highest BCUT2D eigenvalue weighted by atomic mass is 19.1. The van der Waals surface area contributed by atoms with E-state index in [0.29, 0.717) is 30.5 Å². The van der Waals surface area contributed by atoms with Crippen LogP contribution in [-0.2, 0) is 0 Å². The van der Waals surface area contributed by atoms with Crippen molar-refractivity contribution in [2.75, 3.05) is 44.8 Å². The fourth-order valence-corrected chi connectivity index (χ4v) is 5.48. The van der Waals surface area contributed by atoms with Gasteiger partial charge in [0.15, 0.2) is 11.6 Å². The Morgan fingerprint density at radius 3 is 2.56 bits per heavy atom. The van der Waals surface area contributed by atoms with Gasteiger partial charge in [0.2, 0.25) is 11.9 Å². The molecule has 2 heterocycles. The summed E-state index contributed by atoms with van der Waals surface area (Å²) in [5, 5.41) is 3.51. The van der Waals surface area contributed by atoms with Crippen molar-refractivity contribution in [3.05, 3.63) is 24.0 Å². The number of aromatic nitrogens is 3. The first-order chi connectivity index (χ1) is 16.4. The molecule has 2 aromatic rings. The highest BCUT2D eigenvalue weighted by Gasteiger charge is 2.39. The van der Waals surface area contributed by atoms with Crippen LogP contribution in [0.4, 0.5) is 27.9 Å². The fourth-order valence-electron chi connectivity index (χ4n) is 5.48. The molecular formula is C25H39FN7O+. The largest absolute Gasteiger partial charge is 0.494 e. The van der Waals surface area contributed by atoms with Gasteiger partial charge < -0.3 is 15.8 Å². The Kier molecular flexibility index (Phi) is 7.83. The molecule has 186 valence electrons. The number of anilines is 2. The summed E-state index contributed by atoms with van der Waals surface area (Å²) < 4.78 is 20.2. The van der Waals surface area contributed by atoms with Crippen LogP contribution in [0.15, 0.2) is 18.2 Å². The van der Waals surface area contributed by atoms with Gasteiger partial charge in [-0.2, -0.15) is 4.98 Å². The van der Waals surface area contributed by atoms with Crippen LogP contribution in [0.3, 0.4) is 0 Å². The topological polar surface area (TPSA) is 89.2 Å². The van der Waals surface area contributed by atoms with Gasteiger partial charge in [0, 0.05) is 18.2 Å². The van der Waals surface area contributed by atoms with Crippen molar-refractivity contribution in [2.45, 2.75) is 70.4 Å². The number of hydrogen-bond donors (Lipinski definition) is 2. The maximum absolute atomic E-state index is 14.8. The third kappa shape index (κ3) is 5.41. The van der Waals surface area contributed by atoms with Crippen LogP contribution >= 0.6 is 0 Å². The molecule has 0 amide bonds. The Labute approximate surface area is 202 Å². The molecule has 2 fully saturated rings. The lowest BCUT2D eigenvalue weighted by Crippen LogP contribution is -2.50. The summed E-state index contributed by atoms with van der Waals surface area (Å²) in [6.07, 6.45) is 9.41. The van der Waals surface area contributed by atoms with E-state index in [-0.39, 0.29) is 16.2 Å². The highest BCUT2D eigenvalue weighted by Crippen LogP contribution is 2.36. The number of likely N-dealkylation sites (N-methyl/N-ethyl adjacent to an activating group) is 2. The lowest BCUT2D eigenvalue weighted by molar-refractivity contribution is 0.225. The number of nitrogens with two attached hydrogens (primary N) is 1. The molecule has 0 spiro atoms. The van der Waals surface area contributed by atoms with E-state index in [0.717, 1.165) is 44.5 Å². The maximum Gasteiger partial charge on any atom is 0.340 e. The van der Waals surface area contributed by atoms with Crippen molar-refractivity contribution in [1.29, 1.82) is 0 Å². The lowest BCUT2D eigenvalue weighted by atomic mass is 10.1. The number of likely N-dealkylation sites (tertiary alicyclic amines) is 1. The van der Waals surface area contributed by atoms with Crippen LogP contribution in [0, 0.1) is 5.82 Å². The first-order valence-electron chi connectivity index (χ1n) is 12.6. The van der Waals surface area contributed by atoms with Crippen LogP contribution in [-0.4, -0.2) is 65.7 Å². The standard InChI is InChI=1S/C25H39FN7O/c1-4-32-15-9-12-19(32)17-33(2,20-13-14-22(34-3)21(26)16-20)25-30-23(27)29-24(31-25)28-18-10-7-5-6-8-11-18/h13-14,16,18-19H,4-12,15,17H2,1-3H3,(H3,27,28,29,30,31)/q+1. The highest BCUT2D eigenvalue weighted by molar-refractivity contribution is 5.56. The molecule has 34 heavy (non-hydrogen) atoms. The van der Waals surface area contributed by atoms with Gasteiger partial charge in [0.05, 0.1) is 20.2 Å². The van der Waals surface area contributed by atoms with E-state index in [1.54, 1.807) is 6.07 Å². The second-order valence-electron chi connectivity index (χ2n) is 9.77. The number of methoxy groups -OCH3 is 1. The molecule has 1 aromatic heterocycles. The predicted molar refractivity (Wildman–Crippen MR) is 135 cm³/mol. The summed E-state index contributed by atoms with van der Waals surface area (Å²) in [6.45, 7) is 4.96. The van der Waals surface area contributed by atoms with Gasteiger partial charge in [0.25, 0.3) is 0 Å². The van der Waals surface area contributed by atoms with Gasteiger partial charge in [-0.1, -0.05) is 32.6 Å². The SMILES string of the molecule is CCN1CCCC1C[N+](C)(c1ccc(OC)c(F)c1)c1nc(N)nc(NC2CCCCCC2)n1. The third-order valence-electron chi connectivity index (χ3n) is 7.46. The normalized spacial score (nSPS) is 21.7. The van der Waals surface area contributed by atoms with Gasteiger partial charge in [-0.05, 0) is 44.8 Å². The van der Waals surface area contributed by atoms with Crippen molar-refractivity contribution >= 4 is 23.5 Å². The Morgan fingerprint density at radius 2 is 1.88 bits per heavy atom. The number of nitrogen functional groups attached to an aromatic ring is 1. The molecule has 9 heteroatoms. The molecule has 1 saturated carbocycles. The maximum atomic E-state index is 14.8. The number of quaternary nitrogens is 1. The molecule has 2 aliphatic rings. The van der Waals surface area contributed by atoms with Crippen molar-refractivity contribution in [3.63, 3.8) is 0 Å². The van der Waals surface area contributed by atoms with E-state index in [9.17, 15) is 4.39 Å². The Hall–Kier alpha value is -2.52. The fraction of sp³-hybridized carbons (Fsp3) is 0.640. The number of halogens is 1. The summed E-state index contributed by atoms with van der Waals surface area (Å²) in [4.78, 5) is 16.3. The third-order valence-corrected chi connectivity index (χ3v) is 7.46. The molecule has 0 bridgehead atoms.